The van der Waals surface area contributed by atoms with E-state index in [0.29, 0.717) is 18.2 Å². The number of rotatable bonds is 5. The SMILES string of the molecule is COc1ccc(C(C)NC2CC(OC)C2(C)C)cc1. The van der Waals surface area contributed by atoms with E-state index < -0.39 is 0 Å². The van der Waals surface area contributed by atoms with E-state index in [0.717, 1.165) is 12.2 Å². The average molecular weight is 263 g/mol. The zero-order valence-electron chi connectivity index (χ0n) is 12.6. The minimum atomic E-state index is 0.204. The lowest BCUT2D eigenvalue weighted by atomic mass is 9.64. The first-order valence-corrected chi connectivity index (χ1v) is 6.91. The minimum absolute atomic E-state index is 0.204. The van der Waals surface area contributed by atoms with Gasteiger partial charge >= 0.3 is 0 Å². The van der Waals surface area contributed by atoms with Crippen LogP contribution < -0.4 is 10.1 Å². The van der Waals surface area contributed by atoms with Gasteiger partial charge in [-0.2, -0.15) is 0 Å². The molecule has 1 N–H and O–H groups in total. The molecule has 0 heterocycles. The molecule has 106 valence electrons. The van der Waals surface area contributed by atoms with Crippen molar-refractivity contribution in [1.82, 2.24) is 5.32 Å². The molecule has 1 aromatic rings. The molecule has 3 nitrogen and oxygen atoms in total. The van der Waals surface area contributed by atoms with Crippen molar-refractivity contribution in [3.63, 3.8) is 0 Å². The Hall–Kier alpha value is -1.06. The fourth-order valence-electron chi connectivity index (χ4n) is 2.86. The Bertz CT molecular complexity index is 413. The van der Waals surface area contributed by atoms with Crippen LogP contribution >= 0.6 is 0 Å². The van der Waals surface area contributed by atoms with Gasteiger partial charge in [-0.15, -0.1) is 0 Å². The first kappa shape index (κ1) is 14.4. The summed E-state index contributed by atoms with van der Waals surface area (Å²) in [5, 5.41) is 3.70. The molecule has 19 heavy (non-hydrogen) atoms. The Morgan fingerprint density at radius 3 is 2.32 bits per heavy atom. The van der Waals surface area contributed by atoms with E-state index in [2.05, 4.69) is 38.2 Å². The van der Waals surface area contributed by atoms with Gasteiger partial charge < -0.3 is 14.8 Å². The van der Waals surface area contributed by atoms with Gasteiger partial charge in [0.15, 0.2) is 0 Å². The quantitative estimate of drug-likeness (QED) is 0.885. The topological polar surface area (TPSA) is 30.5 Å². The monoisotopic (exact) mass is 263 g/mol. The molecular formula is C16H25NO2. The predicted molar refractivity (Wildman–Crippen MR) is 77.5 cm³/mol. The van der Waals surface area contributed by atoms with Crippen molar-refractivity contribution in [3.8, 4) is 5.75 Å². The van der Waals surface area contributed by atoms with Crippen LogP contribution in [0.1, 0.15) is 38.8 Å². The lowest BCUT2D eigenvalue weighted by Crippen LogP contribution is -2.60. The highest BCUT2D eigenvalue weighted by Crippen LogP contribution is 2.43. The van der Waals surface area contributed by atoms with Crippen LogP contribution in [0.4, 0.5) is 0 Å². The van der Waals surface area contributed by atoms with Gasteiger partial charge in [-0.3, -0.25) is 0 Å². The molecule has 0 saturated heterocycles. The summed E-state index contributed by atoms with van der Waals surface area (Å²) in [6.07, 6.45) is 1.46. The van der Waals surface area contributed by atoms with Gasteiger partial charge in [0.2, 0.25) is 0 Å². The van der Waals surface area contributed by atoms with E-state index in [1.165, 1.54) is 5.56 Å². The maximum Gasteiger partial charge on any atom is 0.118 e. The van der Waals surface area contributed by atoms with Crippen LogP contribution in [0.15, 0.2) is 24.3 Å². The minimum Gasteiger partial charge on any atom is -0.497 e. The molecule has 1 saturated carbocycles. The number of hydrogen-bond acceptors (Lipinski definition) is 3. The second kappa shape index (κ2) is 5.51. The number of hydrogen-bond donors (Lipinski definition) is 1. The highest BCUT2D eigenvalue weighted by Gasteiger charge is 2.48. The molecule has 0 bridgehead atoms. The van der Waals surface area contributed by atoms with Crippen molar-refractivity contribution in [3.05, 3.63) is 29.8 Å². The van der Waals surface area contributed by atoms with Crippen LogP contribution in [0.5, 0.6) is 5.75 Å². The summed E-state index contributed by atoms with van der Waals surface area (Å²) in [5.41, 5.74) is 1.49. The zero-order valence-corrected chi connectivity index (χ0v) is 12.6. The average Bonchev–Trinajstić information content (AvgIpc) is 2.42. The molecule has 0 amide bonds. The normalized spacial score (nSPS) is 26.6. The Kier molecular flexibility index (Phi) is 4.16. The van der Waals surface area contributed by atoms with Crippen LogP contribution in [0, 0.1) is 5.41 Å². The number of methoxy groups -OCH3 is 2. The van der Waals surface area contributed by atoms with Crippen LogP contribution in [-0.4, -0.2) is 26.4 Å². The lowest BCUT2D eigenvalue weighted by molar-refractivity contribution is -0.0999. The Labute approximate surface area is 116 Å². The smallest absolute Gasteiger partial charge is 0.118 e. The maximum atomic E-state index is 5.49. The molecule has 3 unspecified atom stereocenters. The molecule has 1 aliphatic rings. The number of ether oxygens (including phenoxy) is 2. The van der Waals surface area contributed by atoms with Gasteiger partial charge in [0.1, 0.15) is 5.75 Å². The van der Waals surface area contributed by atoms with E-state index in [1.54, 1.807) is 14.2 Å². The van der Waals surface area contributed by atoms with Crippen molar-refractivity contribution in [2.75, 3.05) is 14.2 Å². The van der Waals surface area contributed by atoms with Crippen LogP contribution in [-0.2, 0) is 4.74 Å². The van der Waals surface area contributed by atoms with Gasteiger partial charge in [-0.1, -0.05) is 26.0 Å². The maximum absolute atomic E-state index is 5.49. The molecule has 0 spiro atoms. The van der Waals surface area contributed by atoms with Crippen LogP contribution in [0.2, 0.25) is 0 Å². The molecule has 1 fully saturated rings. The third kappa shape index (κ3) is 2.77. The Morgan fingerprint density at radius 2 is 1.84 bits per heavy atom. The van der Waals surface area contributed by atoms with E-state index in [1.807, 2.05) is 12.1 Å². The fraction of sp³-hybridized carbons (Fsp3) is 0.625. The van der Waals surface area contributed by atoms with E-state index in [-0.39, 0.29) is 5.41 Å². The summed E-state index contributed by atoms with van der Waals surface area (Å²) in [6.45, 7) is 6.74. The second-order valence-corrected chi connectivity index (χ2v) is 6.00. The predicted octanol–water partition coefficient (Wildman–Crippen LogP) is 3.16. The lowest BCUT2D eigenvalue weighted by Gasteiger charge is -2.52. The summed E-state index contributed by atoms with van der Waals surface area (Å²) in [7, 11) is 3.49. The fourth-order valence-corrected chi connectivity index (χ4v) is 2.86. The summed E-state index contributed by atoms with van der Waals surface area (Å²) in [5.74, 6) is 0.902. The van der Waals surface area contributed by atoms with E-state index in [4.69, 9.17) is 9.47 Å². The van der Waals surface area contributed by atoms with E-state index >= 15 is 0 Å². The molecule has 0 radical (unpaired) electrons. The van der Waals surface area contributed by atoms with Crippen molar-refractivity contribution >= 4 is 0 Å². The van der Waals surface area contributed by atoms with Crippen LogP contribution in [0.3, 0.4) is 0 Å². The van der Waals surface area contributed by atoms with Gasteiger partial charge in [0.25, 0.3) is 0 Å². The van der Waals surface area contributed by atoms with Gasteiger partial charge in [0, 0.05) is 24.6 Å². The second-order valence-electron chi connectivity index (χ2n) is 6.00. The van der Waals surface area contributed by atoms with Crippen molar-refractivity contribution < 1.29 is 9.47 Å². The summed E-state index contributed by atoms with van der Waals surface area (Å²) >= 11 is 0. The Morgan fingerprint density at radius 1 is 1.21 bits per heavy atom. The standard InChI is InChI=1S/C16H25NO2/c1-11(12-6-8-13(18-4)9-7-12)17-14-10-15(19-5)16(14,2)3/h6-9,11,14-15,17H,10H2,1-5H3. The number of benzene rings is 1. The molecular weight excluding hydrogens is 238 g/mol. The molecule has 0 aliphatic heterocycles. The van der Waals surface area contributed by atoms with Crippen molar-refractivity contribution in [2.24, 2.45) is 5.41 Å². The molecule has 1 aliphatic carbocycles. The summed E-state index contributed by atoms with van der Waals surface area (Å²) in [4.78, 5) is 0. The molecule has 1 aromatic carbocycles. The van der Waals surface area contributed by atoms with E-state index in [9.17, 15) is 0 Å². The number of nitrogens with one attached hydrogen (secondary N) is 1. The largest absolute Gasteiger partial charge is 0.497 e. The van der Waals surface area contributed by atoms with Crippen molar-refractivity contribution in [1.29, 1.82) is 0 Å². The van der Waals surface area contributed by atoms with Gasteiger partial charge in [-0.05, 0) is 31.0 Å². The summed E-state index contributed by atoms with van der Waals surface area (Å²) in [6, 6.07) is 9.11. The Balaban J connectivity index is 1.96. The van der Waals surface area contributed by atoms with Gasteiger partial charge in [-0.25, -0.2) is 0 Å². The molecule has 0 aromatic heterocycles. The third-order valence-corrected chi connectivity index (χ3v) is 4.53. The highest BCUT2D eigenvalue weighted by molar-refractivity contribution is 5.29. The van der Waals surface area contributed by atoms with Crippen LogP contribution in [0.25, 0.3) is 0 Å². The first-order chi connectivity index (χ1) is 8.98. The third-order valence-electron chi connectivity index (χ3n) is 4.53. The van der Waals surface area contributed by atoms with Crippen molar-refractivity contribution in [2.45, 2.75) is 45.4 Å². The molecule has 2 rings (SSSR count). The first-order valence-electron chi connectivity index (χ1n) is 6.91. The van der Waals surface area contributed by atoms with Gasteiger partial charge in [0.05, 0.1) is 13.2 Å². The zero-order chi connectivity index (χ0) is 14.0. The molecule has 3 heteroatoms. The summed E-state index contributed by atoms with van der Waals surface area (Å²) < 4.78 is 10.7. The highest BCUT2D eigenvalue weighted by atomic mass is 16.5. The molecule has 3 atom stereocenters.